The molecule has 0 saturated carbocycles. The highest BCUT2D eigenvalue weighted by molar-refractivity contribution is 7.13. The van der Waals surface area contributed by atoms with Crippen molar-refractivity contribution in [2.75, 3.05) is 13.1 Å². The van der Waals surface area contributed by atoms with Crippen LogP contribution in [-0.2, 0) is 6.54 Å². The van der Waals surface area contributed by atoms with Crippen LogP contribution in [0.25, 0.3) is 0 Å². The van der Waals surface area contributed by atoms with E-state index in [2.05, 4.69) is 16.9 Å². The monoisotopic (exact) mass is 297 g/mol. The molecule has 6 nitrogen and oxygen atoms in total. The number of aromatic carboxylic acids is 1. The molecule has 0 saturated heterocycles. The number of carboxylic acids is 1. The third-order valence-corrected chi connectivity index (χ3v) is 3.70. The second-order valence-corrected chi connectivity index (χ2v) is 5.30. The first-order chi connectivity index (χ1) is 9.49. The topological polar surface area (TPSA) is 82.5 Å². The van der Waals surface area contributed by atoms with Crippen molar-refractivity contribution in [3.63, 3.8) is 0 Å². The Morgan fingerprint density at radius 3 is 2.75 bits per heavy atom. The van der Waals surface area contributed by atoms with Gasteiger partial charge in [-0.1, -0.05) is 13.0 Å². The van der Waals surface area contributed by atoms with Gasteiger partial charge in [-0.3, -0.25) is 0 Å². The summed E-state index contributed by atoms with van der Waals surface area (Å²) in [6.07, 6.45) is 2.53. The van der Waals surface area contributed by atoms with E-state index in [-0.39, 0.29) is 17.5 Å². The van der Waals surface area contributed by atoms with E-state index in [4.69, 9.17) is 5.11 Å². The summed E-state index contributed by atoms with van der Waals surface area (Å²) in [5, 5.41) is 12.3. The third-order valence-electron chi connectivity index (χ3n) is 2.56. The second kappa shape index (κ2) is 7.64. The molecule has 0 aliphatic heterocycles. The number of nitrogens with one attached hydrogen (secondary N) is 1. The number of carboxylic acid groups (broad SMARTS) is 1. The summed E-state index contributed by atoms with van der Waals surface area (Å²) in [7, 11) is 0. The SMILES string of the molecule is C=CCN(CCC)C(=O)NCc1nc(C)c(C(=O)O)s1. The molecule has 7 heteroatoms. The number of amides is 2. The second-order valence-electron chi connectivity index (χ2n) is 4.22. The lowest BCUT2D eigenvalue weighted by atomic mass is 10.4. The van der Waals surface area contributed by atoms with Crippen LogP contribution < -0.4 is 5.32 Å². The van der Waals surface area contributed by atoms with Crippen molar-refractivity contribution in [1.82, 2.24) is 15.2 Å². The molecule has 0 aromatic carbocycles. The first-order valence-corrected chi connectivity index (χ1v) is 7.14. The van der Waals surface area contributed by atoms with Gasteiger partial charge in [0.1, 0.15) is 9.88 Å². The van der Waals surface area contributed by atoms with Gasteiger partial charge in [0.05, 0.1) is 12.2 Å². The average Bonchev–Trinajstić information content (AvgIpc) is 2.77. The number of nitrogens with zero attached hydrogens (tertiary/aromatic N) is 2. The zero-order chi connectivity index (χ0) is 15.1. The molecule has 20 heavy (non-hydrogen) atoms. The summed E-state index contributed by atoms with van der Waals surface area (Å²) in [5.74, 6) is -0.989. The smallest absolute Gasteiger partial charge is 0.347 e. The number of urea groups is 1. The fraction of sp³-hybridized carbons (Fsp3) is 0.462. The molecule has 1 aromatic heterocycles. The van der Waals surface area contributed by atoms with Crippen molar-refractivity contribution in [1.29, 1.82) is 0 Å². The molecule has 0 atom stereocenters. The maximum atomic E-state index is 11.9. The molecule has 0 fully saturated rings. The first-order valence-electron chi connectivity index (χ1n) is 6.32. The van der Waals surface area contributed by atoms with Gasteiger partial charge in [-0.05, 0) is 13.3 Å². The number of hydrogen-bond acceptors (Lipinski definition) is 4. The maximum absolute atomic E-state index is 11.9. The number of thiazole rings is 1. The molecular weight excluding hydrogens is 278 g/mol. The number of aromatic nitrogens is 1. The van der Waals surface area contributed by atoms with Gasteiger partial charge in [-0.15, -0.1) is 17.9 Å². The van der Waals surface area contributed by atoms with Gasteiger partial charge in [0.15, 0.2) is 0 Å². The summed E-state index contributed by atoms with van der Waals surface area (Å²) >= 11 is 1.08. The lowest BCUT2D eigenvalue weighted by Gasteiger charge is -2.20. The molecular formula is C13H19N3O3S. The molecule has 110 valence electrons. The van der Waals surface area contributed by atoms with Crippen LogP contribution in [0.3, 0.4) is 0 Å². The summed E-state index contributed by atoms with van der Waals surface area (Å²) < 4.78 is 0. The minimum Gasteiger partial charge on any atom is -0.477 e. The molecule has 0 aliphatic rings. The minimum absolute atomic E-state index is 0.198. The quantitative estimate of drug-likeness (QED) is 0.756. The zero-order valence-corrected chi connectivity index (χ0v) is 12.5. The molecule has 2 amide bonds. The van der Waals surface area contributed by atoms with E-state index in [0.29, 0.717) is 23.8 Å². The van der Waals surface area contributed by atoms with Gasteiger partial charge in [-0.2, -0.15) is 0 Å². The Morgan fingerprint density at radius 1 is 1.55 bits per heavy atom. The molecule has 0 unspecified atom stereocenters. The van der Waals surface area contributed by atoms with E-state index in [1.165, 1.54) is 0 Å². The van der Waals surface area contributed by atoms with Crippen molar-refractivity contribution in [3.05, 3.63) is 28.2 Å². The van der Waals surface area contributed by atoms with Crippen molar-refractivity contribution in [3.8, 4) is 0 Å². The predicted molar refractivity (Wildman–Crippen MR) is 78.1 cm³/mol. The zero-order valence-electron chi connectivity index (χ0n) is 11.7. The number of hydrogen-bond donors (Lipinski definition) is 2. The largest absolute Gasteiger partial charge is 0.477 e. The molecule has 2 N–H and O–H groups in total. The average molecular weight is 297 g/mol. The molecule has 0 aliphatic carbocycles. The van der Waals surface area contributed by atoms with E-state index >= 15 is 0 Å². The van der Waals surface area contributed by atoms with E-state index < -0.39 is 5.97 Å². The van der Waals surface area contributed by atoms with Crippen molar-refractivity contribution in [2.24, 2.45) is 0 Å². The van der Waals surface area contributed by atoms with Crippen LogP contribution in [0.15, 0.2) is 12.7 Å². The van der Waals surface area contributed by atoms with Crippen LogP contribution in [0.5, 0.6) is 0 Å². The Morgan fingerprint density at radius 2 is 2.25 bits per heavy atom. The lowest BCUT2D eigenvalue weighted by molar-refractivity contribution is 0.0701. The fourth-order valence-corrected chi connectivity index (χ4v) is 2.53. The van der Waals surface area contributed by atoms with Gasteiger partial charge in [0.25, 0.3) is 0 Å². The predicted octanol–water partition coefficient (Wildman–Crippen LogP) is 2.26. The number of aryl methyl sites for hydroxylation is 1. The third kappa shape index (κ3) is 4.34. The van der Waals surface area contributed by atoms with Crippen LogP contribution in [0, 0.1) is 6.92 Å². The summed E-state index contributed by atoms with van der Waals surface area (Å²) in [6, 6.07) is -0.198. The Hall–Kier alpha value is -1.89. The van der Waals surface area contributed by atoms with Gasteiger partial charge in [0.2, 0.25) is 0 Å². The Bertz CT molecular complexity index is 499. The normalized spacial score (nSPS) is 10.1. The summed E-state index contributed by atoms with van der Waals surface area (Å²) in [5.41, 5.74) is 0.475. The van der Waals surface area contributed by atoms with Crippen LogP contribution in [0.1, 0.15) is 33.7 Å². The first kappa shape index (κ1) is 16.2. The van der Waals surface area contributed by atoms with Crippen LogP contribution in [0.4, 0.5) is 4.79 Å². The standard InChI is InChI=1S/C13H19N3O3S/c1-4-6-16(7-5-2)13(19)14-8-10-15-9(3)11(20-10)12(17)18/h4H,1,5-8H2,2-3H3,(H,14,19)(H,17,18). The van der Waals surface area contributed by atoms with Crippen LogP contribution in [-0.4, -0.2) is 40.1 Å². The van der Waals surface area contributed by atoms with Crippen molar-refractivity contribution in [2.45, 2.75) is 26.8 Å². The van der Waals surface area contributed by atoms with Gasteiger partial charge >= 0.3 is 12.0 Å². The molecule has 1 aromatic rings. The maximum Gasteiger partial charge on any atom is 0.347 e. The van der Waals surface area contributed by atoms with E-state index in [1.54, 1.807) is 17.9 Å². The highest BCUT2D eigenvalue weighted by Crippen LogP contribution is 2.17. The Kier molecular flexibility index (Phi) is 6.17. The van der Waals surface area contributed by atoms with Crippen LogP contribution in [0.2, 0.25) is 0 Å². The molecule has 1 rings (SSSR count). The van der Waals surface area contributed by atoms with Crippen molar-refractivity contribution >= 4 is 23.3 Å². The Balaban J connectivity index is 2.61. The highest BCUT2D eigenvalue weighted by Gasteiger charge is 2.15. The number of carbonyl (C=O) groups excluding carboxylic acids is 1. The summed E-state index contributed by atoms with van der Waals surface area (Å²) in [6.45, 7) is 8.62. The van der Waals surface area contributed by atoms with E-state index in [0.717, 1.165) is 17.8 Å². The van der Waals surface area contributed by atoms with Gasteiger partial charge < -0.3 is 15.3 Å². The molecule has 0 radical (unpaired) electrons. The lowest BCUT2D eigenvalue weighted by Crippen LogP contribution is -2.40. The molecule has 0 spiro atoms. The van der Waals surface area contributed by atoms with Crippen molar-refractivity contribution < 1.29 is 14.7 Å². The fourth-order valence-electron chi connectivity index (χ4n) is 1.69. The van der Waals surface area contributed by atoms with Gasteiger partial charge in [-0.25, -0.2) is 14.6 Å². The number of carbonyl (C=O) groups is 2. The minimum atomic E-state index is -0.989. The Labute approximate surface area is 122 Å². The van der Waals surface area contributed by atoms with E-state index in [9.17, 15) is 9.59 Å². The summed E-state index contributed by atoms with van der Waals surface area (Å²) in [4.78, 5) is 28.9. The van der Waals surface area contributed by atoms with Gasteiger partial charge in [0, 0.05) is 13.1 Å². The number of rotatable bonds is 7. The van der Waals surface area contributed by atoms with E-state index in [1.807, 2.05) is 6.92 Å². The highest BCUT2D eigenvalue weighted by atomic mass is 32.1. The molecule has 0 bridgehead atoms. The van der Waals surface area contributed by atoms with Crippen LogP contribution >= 0.6 is 11.3 Å². The molecule has 1 heterocycles.